The largest absolute Gasteiger partial charge is 0.497 e. The van der Waals surface area contributed by atoms with E-state index in [4.69, 9.17) is 16.3 Å². The van der Waals surface area contributed by atoms with Gasteiger partial charge in [-0.05, 0) is 31.5 Å². The van der Waals surface area contributed by atoms with Crippen LogP contribution in [0.1, 0.15) is 12.2 Å². The van der Waals surface area contributed by atoms with Crippen LogP contribution >= 0.6 is 11.6 Å². The predicted molar refractivity (Wildman–Crippen MR) is 88.6 cm³/mol. The molecule has 0 N–H and O–H groups in total. The maximum atomic E-state index is 6.27. The molecule has 0 saturated carbocycles. The van der Waals surface area contributed by atoms with Crippen LogP contribution in [-0.4, -0.2) is 31.7 Å². The lowest BCUT2D eigenvalue weighted by molar-refractivity contribution is 0.415. The first-order valence-electron chi connectivity index (χ1n) is 7.39. The molecule has 0 spiro atoms. The van der Waals surface area contributed by atoms with Crippen molar-refractivity contribution >= 4 is 11.6 Å². The Labute approximate surface area is 139 Å². The summed E-state index contributed by atoms with van der Waals surface area (Å²) in [5.41, 5.74) is 1.61. The number of hydrogen-bond acceptors (Lipinski definition) is 4. The van der Waals surface area contributed by atoms with Crippen LogP contribution in [0.3, 0.4) is 0 Å². The number of rotatable bonds is 6. The van der Waals surface area contributed by atoms with Crippen LogP contribution in [0.5, 0.6) is 5.75 Å². The van der Waals surface area contributed by atoms with Gasteiger partial charge in [0.25, 0.3) is 0 Å². The van der Waals surface area contributed by atoms with Gasteiger partial charge < -0.3 is 9.30 Å². The molecule has 0 atom stereocenters. The second kappa shape index (κ2) is 6.83. The quantitative estimate of drug-likeness (QED) is 0.696. The molecule has 120 valence electrons. The van der Waals surface area contributed by atoms with Crippen LogP contribution in [0.4, 0.5) is 0 Å². The average molecular weight is 332 g/mol. The average Bonchev–Trinajstić information content (AvgIpc) is 3.17. The molecule has 2 heterocycles. The Morgan fingerprint density at radius 2 is 2.13 bits per heavy atom. The summed E-state index contributed by atoms with van der Waals surface area (Å²) in [6.07, 6.45) is 6.67. The molecule has 7 heteroatoms. The molecule has 0 aliphatic carbocycles. The minimum atomic E-state index is 0.602. The highest BCUT2D eigenvalue weighted by molar-refractivity contribution is 6.33. The van der Waals surface area contributed by atoms with Crippen LogP contribution in [0.2, 0.25) is 5.02 Å². The van der Waals surface area contributed by atoms with Gasteiger partial charge in [-0.3, -0.25) is 4.68 Å². The first kappa shape index (κ1) is 15.6. The summed E-state index contributed by atoms with van der Waals surface area (Å²) in [4.78, 5) is 4.21. The van der Waals surface area contributed by atoms with Crippen LogP contribution < -0.4 is 4.74 Å². The predicted octanol–water partition coefficient (Wildman–Crippen LogP) is 3.20. The molecule has 0 unspecified atom stereocenters. The zero-order valence-corrected chi connectivity index (χ0v) is 13.9. The molecule has 6 nitrogen and oxygen atoms in total. The lowest BCUT2D eigenvalue weighted by atomic mass is 10.1. The summed E-state index contributed by atoms with van der Waals surface area (Å²) >= 11 is 6.27. The van der Waals surface area contributed by atoms with Gasteiger partial charge in [-0.1, -0.05) is 16.8 Å². The molecule has 0 fully saturated rings. The van der Waals surface area contributed by atoms with Crippen molar-refractivity contribution in [2.45, 2.75) is 26.4 Å². The van der Waals surface area contributed by atoms with Crippen molar-refractivity contribution in [2.75, 3.05) is 7.11 Å². The first-order valence-corrected chi connectivity index (χ1v) is 7.77. The van der Waals surface area contributed by atoms with E-state index in [0.29, 0.717) is 5.02 Å². The number of aryl methyl sites for hydroxylation is 3. The molecule has 0 radical (unpaired) electrons. The topological polar surface area (TPSA) is 57.8 Å². The molecule has 0 bridgehead atoms. The standard InChI is InChI=1S/C16H18ClN5O/c1-12-18-6-9-21(12)7-3-8-22-11-16(19-20-22)14-5-4-13(23-2)10-15(14)17/h4-6,9-11H,3,7-8H2,1-2H3. The van der Waals surface area contributed by atoms with Gasteiger partial charge in [0.2, 0.25) is 0 Å². The zero-order chi connectivity index (χ0) is 16.2. The molecular weight excluding hydrogens is 314 g/mol. The van der Waals surface area contributed by atoms with Crippen molar-refractivity contribution in [1.82, 2.24) is 24.5 Å². The van der Waals surface area contributed by atoms with Gasteiger partial charge in [-0.2, -0.15) is 0 Å². The molecule has 23 heavy (non-hydrogen) atoms. The van der Waals surface area contributed by atoms with Crippen molar-refractivity contribution < 1.29 is 4.74 Å². The number of methoxy groups -OCH3 is 1. The van der Waals surface area contributed by atoms with Gasteiger partial charge in [-0.15, -0.1) is 5.10 Å². The van der Waals surface area contributed by atoms with Gasteiger partial charge in [0, 0.05) is 31.0 Å². The van der Waals surface area contributed by atoms with E-state index in [1.54, 1.807) is 13.2 Å². The third-order valence-corrected chi connectivity index (χ3v) is 4.01. The van der Waals surface area contributed by atoms with Gasteiger partial charge in [-0.25, -0.2) is 4.98 Å². The van der Waals surface area contributed by atoms with Crippen molar-refractivity contribution in [2.24, 2.45) is 0 Å². The smallest absolute Gasteiger partial charge is 0.120 e. The minimum absolute atomic E-state index is 0.602. The Morgan fingerprint density at radius 3 is 2.83 bits per heavy atom. The highest BCUT2D eigenvalue weighted by Crippen LogP contribution is 2.29. The SMILES string of the molecule is COc1ccc(-c2cn(CCCn3ccnc3C)nn2)c(Cl)c1. The summed E-state index contributed by atoms with van der Waals surface area (Å²) in [5, 5.41) is 8.98. The van der Waals surface area contributed by atoms with Crippen molar-refractivity contribution in [3.63, 3.8) is 0 Å². The molecule has 3 aromatic rings. The van der Waals surface area contributed by atoms with Crippen molar-refractivity contribution in [3.8, 4) is 17.0 Å². The monoisotopic (exact) mass is 331 g/mol. The number of imidazole rings is 1. The fourth-order valence-corrected chi connectivity index (χ4v) is 2.67. The van der Waals surface area contributed by atoms with Gasteiger partial charge in [0.05, 0.1) is 18.3 Å². The fraction of sp³-hybridized carbons (Fsp3) is 0.312. The Bertz CT molecular complexity index is 795. The van der Waals surface area contributed by atoms with E-state index in [1.165, 1.54) is 0 Å². The Balaban J connectivity index is 1.65. The number of ether oxygens (including phenoxy) is 1. The Kier molecular flexibility index (Phi) is 4.62. The zero-order valence-electron chi connectivity index (χ0n) is 13.1. The normalized spacial score (nSPS) is 10.9. The second-order valence-corrected chi connectivity index (χ2v) is 5.64. The molecule has 0 amide bonds. The number of halogens is 1. The maximum absolute atomic E-state index is 6.27. The summed E-state index contributed by atoms with van der Waals surface area (Å²) in [5.74, 6) is 1.75. The van der Waals surface area contributed by atoms with E-state index in [9.17, 15) is 0 Å². The molecular formula is C16H18ClN5O. The highest BCUT2D eigenvalue weighted by Gasteiger charge is 2.09. The maximum Gasteiger partial charge on any atom is 0.120 e. The Hall–Kier alpha value is -2.34. The molecule has 3 rings (SSSR count). The highest BCUT2D eigenvalue weighted by atomic mass is 35.5. The fourth-order valence-electron chi connectivity index (χ4n) is 2.40. The lowest BCUT2D eigenvalue weighted by Crippen LogP contribution is -2.05. The number of nitrogens with zero attached hydrogens (tertiary/aromatic N) is 5. The van der Waals surface area contributed by atoms with E-state index in [1.807, 2.05) is 42.3 Å². The molecule has 2 aromatic heterocycles. The summed E-state index contributed by atoms with van der Waals surface area (Å²) in [7, 11) is 1.61. The summed E-state index contributed by atoms with van der Waals surface area (Å²) in [6, 6.07) is 5.53. The van der Waals surface area contributed by atoms with Gasteiger partial charge >= 0.3 is 0 Å². The van der Waals surface area contributed by atoms with E-state index >= 15 is 0 Å². The van der Waals surface area contributed by atoms with E-state index in [2.05, 4.69) is 19.9 Å². The van der Waals surface area contributed by atoms with E-state index in [0.717, 1.165) is 42.3 Å². The van der Waals surface area contributed by atoms with Crippen LogP contribution in [-0.2, 0) is 13.1 Å². The third-order valence-electron chi connectivity index (χ3n) is 3.70. The number of benzene rings is 1. The summed E-state index contributed by atoms with van der Waals surface area (Å²) < 4.78 is 9.11. The van der Waals surface area contributed by atoms with Crippen LogP contribution in [0, 0.1) is 6.92 Å². The van der Waals surface area contributed by atoms with Gasteiger partial charge in [0.15, 0.2) is 0 Å². The Morgan fingerprint density at radius 1 is 1.26 bits per heavy atom. The first-order chi connectivity index (χ1) is 11.2. The number of hydrogen-bond donors (Lipinski definition) is 0. The van der Waals surface area contributed by atoms with Crippen LogP contribution in [0.25, 0.3) is 11.3 Å². The van der Waals surface area contributed by atoms with Crippen molar-refractivity contribution in [3.05, 3.63) is 47.6 Å². The van der Waals surface area contributed by atoms with E-state index < -0.39 is 0 Å². The molecule has 1 aromatic carbocycles. The second-order valence-electron chi connectivity index (χ2n) is 5.23. The van der Waals surface area contributed by atoms with E-state index in [-0.39, 0.29) is 0 Å². The lowest BCUT2D eigenvalue weighted by Gasteiger charge is -2.05. The molecule has 0 saturated heterocycles. The summed E-state index contributed by atoms with van der Waals surface area (Å²) in [6.45, 7) is 3.70. The van der Waals surface area contributed by atoms with Gasteiger partial charge in [0.1, 0.15) is 17.3 Å². The minimum Gasteiger partial charge on any atom is -0.497 e. The molecule has 0 aliphatic rings. The van der Waals surface area contributed by atoms with Crippen molar-refractivity contribution in [1.29, 1.82) is 0 Å². The van der Waals surface area contributed by atoms with Crippen LogP contribution in [0.15, 0.2) is 36.8 Å². The third kappa shape index (κ3) is 3.53. The number of aromatic nitrogens is 5. The molecule has 0 aliphatic heterocycles.